The van der Waals surface area contributed by atoms with Gasteiger partial charge in [-0.3, -0.25) is 4.98 Å². The van der Waals surface area contributed by atoms with Crippen molar-refractivity contribution in [1.82, 2.24) is 15.3 Å². The van der Waals surface area contributed by atoms with Crippen molar-refractivity contribution < 1.29 is 9.53 Å². The molecule has 1 amide bonds. The fourth-order valence-electron chi connectivity index (χ4n) is 2.20. The number of aromatic nitrogens is 2. The van der Waals surface area contributed by atoms with E-state index in [4.69, 9.17) is 4.74 Å². The van der Waals surface area contributed by atoms with Gasteiger partial charge in [-0.05, 0) is 24.6 Å². The number of amides is 1. The molecular weight excluding hydrogens is 290 g/mol. The lowest BCUT2D eigenvalue weighted by molar-refractivity contribution is 0.136. The molecule has 0 aliphatic heterocycles. The van der Waals surface area contributed by atoms with Crippen molar-refractivity contribution in [2.75, 3.05) is 0 Å². The number of fused-ring (bicyclic) bond motifs is 1. The van der Waals surface area contributed by atoms with Crippen molar-refractivity contribution in [3.8, 4) is 0 Å². The second kappa shape index (κ2) is 6.87. The Bertz CT molecular complexity index is 805. The lowest BCUT2D eigenvalue weighted by Gasteiger charge is -2.13. The van der Waals surface area contributed by atoms with Crippen molar-refractivity contribution in [3.05, 3.63) is 72.1 Å². The maximum Gasteiger partial charge on any atom is 0.407 e. The van der Waals surface area contributed by atoms with E-state index in [1.54, 1.807) is 6.20 Å². The lowest BCUT2D eigenvalue weighted by atomic mass is 10.2. The third kappa shape index (κ3) is 3.83. The molecule has 5 nitrogen and oxygen atoms in total. The summed E-state index contributed by atoms with van der Waals surface area (Å²) < 4.78 is 5.21. The van der Waals surface area contributed by atoms with Crippen LogP contribution in [0.4, 0.5) is 4.79 Å². The van der Waals surface area contributed by atoms with E-state index in [2.05, 4.69) is 15.3 Å². The van der Waals surface area contributed by atoms with E-state index in [-0.39, 0.29) is 12.6 Å². The smallest absolute Gasteiger partial charge is 0.407 e. The molecule has 0 saturated heterocycles. The summed E-state index contributed by atoms with van der Waals surface area (Å²) in [6.07, 6.45) is 1.20. The molecule has 1 N–H and O–H groups in total. The van der Waals surface area contributed by atoms with Crippen LogP contribution in [0.5, 0.6) is 0 Å². The quantitative estimate of drug-likeness (QED) is 0.799. The van der Waals surface area contributed by atoms with Crippen molar-refractivity contribution in [2.24, 2.45) is 0 Å². The Balaban J connectivity index is 1.61. The molecule has 0 spiro atoms. The van der Waals surface area contributed by atoms with Crippen LogP contribution in [0.15, 0.2) is 60.8 Å². The van der Waals surface area contributed by atoms with Gasteiger partial charge in [0.25, 0.3) is 0 Å². The summed E-state index contributed by atoms with van der Waals surface area (Å²) in [7, 11) is 0. The van der Waals surface area contributed by atoms with Crippen molar-refractivity contribution in [2.45, 2.75) is 19.6 Å². The first-order valence-electron chi connectivity index (χ1n) is 7.41. The summed E-state index contributed by atoms with van der Waals surface area (Å²) >= 11 is 0. The van der Waals surface area contributed by atoms with Crippen molar-refractivity contribution in [1.29, 1.82) is 0 Å². The maximum absolute atomic E-state index is 11.9. The molecule has 0 aliphatic carbocycles. The van der Waals surface area contributed by atoms with Gasteiger partial charge in [-0.25, -0.2) is 9.78 Å². The van der Waals surface area contributed by atoms with Crippen LogP contribution in [0.3, 0.4) is 0 Å². The number of rotatable bonds is 4. The Hall–Kier alpha value is -2.95. The first-order valence-corrected chi connectivity index (χ1v) is 7.41. The first-order chi connectivity index (χ1) is 11.2. The van der Waals surface area contributed by atoms with Gasteiger partial charge < -0.3 is 10.1 Å². The number of alkyl carbamates (subject to hydrolysis) is 1. The van der Waals surface area contributed by atoms with Crippen molar-refractivity contribution in [3.63, 3.8) is 0 Å². The Morgan fingerprint density at radius 2 is 1.78 bits per heavy atom. The highest BCUT2D eigenvalue weighted by Crippen LogP contribution is 2.14. The van der Waals surface area contributed by atoms with Gasteiger partial charge in [-0.2, -0.15) is 0 Å². The summed E-state index contributed by atoms with van der Waals surface area (Å²) in [5.41, 5.74) is 3.27. The van der Waals surface area contributed by atoms with Gasteiger partial charge in [0.15, 0.2) is 0 Å². The van der Waals surface area contributed by atoms with Crippen molar-refractivity contribution >= 4 is 17.1 Å². The molecule has 0 radical (unpaired) electrons. The summed E-state index contributed by atoms with van der Waals surface area (Å²) in [6.45, 7) is 2.09. The van der Waals surface area contributed by atoms with E-state index in [9.17, 15) is 4.79 Å². The Morgan fingerprint density at radius 3 is 2.57 bits per heavy atom. The third-order valence-corrected chi connectivity index (χ3v) is 3.46. The Kier molecular flexibility index (Phi) is 4.47. The van der Waals surface area contributed by atoms with Gasteiger partial charge in [0, 0.05) is 0 Å². The molecule has 0 unspecified atom stereocenters. The van der Waals surface area contributed by atoms with E-state index in [1.807, 2.05) is 61.5 Å². The number of carbonyl (C=O) groups excluding carboxylic acids is 1. The highest BCUT2D eigenvalue weighted by molar-refractivity contribution is 5.74. The molecule has 5 heteroatoms. The number of nitrogens with one attached hydrogen (secondary N) is 1. The summed E-state index contributed by atoms with van der Waals surface area (Å²) in [4.78, 5) is 20.7. The van der Waals surface area contributed by atoms with E-state index in [0.29, 0.717) is 5.69 Å². The predicted molar refractivity (Wildman–Crippen MR) is 87.7 cm³/mol. The molecule has 0 aliphatic rings. The highest BCUT2D eigenvalue weighted by atomic mass is 16.5. The van der Waals surface area contributed by atoms with Crippen LogP contribution < -0.4 is 5.32 Å². The average molecular weight is 307 g/mol. The van der Waals surface area contributed by atoms with Gasteiger partial charge >= 0.3 is 6.09 Å². The minimum absolute atomic E-state index is 0.239. The van der Waals surface area contributed by atoms with Gasteiger partial charge in [-0.1, -0.05) is 42.5 Å². The molecular formula is C18H17N3O2. The lowest BCUT2D eigenvalue weighted by Crippen LogP contribution is -2.28. The van der Waals surface area contributed by atoms with Gasteiger partial charge in [0.2, 0.25) is 0 Å². The van der Waals surface area contributed by atoms with Crippen LogP contribution in [-0.2, 0) is 11.3 Å². The van der Waals surface area contributed by atoms with E-state index >= 15 is 0 Å². The van der Waals surface area contributed by atoms with Crippen LogP contribution in [0.25, 0.3) is 11.0 Å². The first kappa shape index (κ1) is 15.0. The van der Waals surface area contributed by atoms with E-state index < -0.39 is 6.09 Å². The number of benzene rings is 2. The standard InChI is InChI=1S/C18H17N3O2/c1-13(17-11-19-15-9-5-6-10-16(15)21-17)20-18(22)23-12-14-7-3-2-4-8-14/h2-11,13H,12H2,1H3,(H,20,22)/t13-/m0/s1. The Labute approximate surface area is 134 Å². The maximum atomic E-state index is 11.9. The highest BCUT2D eigenvalue weighted by Gasteiger charge is 2.12. The summed E-state index contributed by atoms with van der Waals surface area (Å²) in [5.74, 6) is 0. The van der Waals surface area contributed by atoms with Gasteiger partial charge in [0.05, 0.1) is 29.0 Å². The third-order valence-electron chi connectivity index (χ3n) is 3.46. The molecule has 23 heavy (non-hydrogen) atoms. The molecule has 1 atom stereocenters. The summed E-state index contributed by atoms with van der Waals surface area (Å²) in [6, 6.07) is 16.9. The molecule has 116 valence electrons. The second-order valence-corrected chi connectivity index (χ2v) is 5.21. The normalized spacial score (nSPS) is 11.9. The summed E-state index contributed by atoms with van der Waals surface area (Å²) in [5, 5.41) is 2.77. The van der Waals surface area contributed by atoms with Crippen LogP contribution in [-0.4, -0.2) is 16.1 Å². The molecule has 0 bridgehead atoms. The number of ether oxygens (including phenoxy) is 1. The molecule has 1 aromatic heterocycles. The number of nitrogens with zero attached hydrogens (tertiary/aromatic N) is 2. The molecule has 3 rings (SSSR count). The molecule has 0 saturated carbocycles. The number of carbonyl (C=O) groups is 1. The second-order valence-electron chi connectivity index (χ2n) is 5.21. The fourth-order valence-corrected chi connectivity index (χ4v) is 2.20. The number of para-hydroxylation sites is 2. The molecule has 2 aromatic carbocycles. The molecule has 3 aromatic rings. The zero-order valence-corrected chi connectivity index (χ0v) is 12.8. The van der Waals surface area contributed by atoms with Crippen LogP contribution in [0, 0.1) is 0 Å². The molecule has 1 heterocycles. The average Bonchev–Trinajstić information content (AvgIpc) is 2.60. The monoisotopic (exact) mass is 307 g/mol. The van der Waals surface area contributed by atoms with Crippen LogP contribution >= 0.6 is 0 Å². The zero-order valence-electron chi connectivity index (χ0n) is 12.8. The number of hydrogen-bond acceptors (Lipinski definition) is 4. The number of hydrogen-bond donors (Lipinski definition) is 1. The minimum atomic E-state index is -0.476. The Morgan fingerprint density at radius 1 is 1.09 bits per heavy atom. The predicted octanol–water partition coefficient (Wildman–Crippen LogP) is 3.62. The van der Waals surface area contributed by atoms with Gasteiger partial charge in [-0.15, -0.1) is 0 Å². The van der Waals surface area contributed by atoms with Crippen LogP contribution in [0.2, 0.25) is 0 Å². The minimum Gasteiger partial charge on any atom is -0.445 e. The largest absolute Gasteiger partial charge is 0.445 e. The fraction of sp³-hybridized carbons (Fsp3) is 0.167. The van der Waals surface area contributed by atoms with E-state index in [0.717, 1.165) is 16.6 Å². The topological polar surface area (TPSA) is 64.1 Å². The SMILES string of the molecule is C[C@H](NC(=O)OCc1ccccc1)c1cnc2ccccc2n1. The van der Waals surface area contributed by atoms with Gasteiger partial charge in [0.1, 0.15) is 6.61 Å². The zero-order chi connectivity index (χ0) is 16.1. The van der Waals surface area contributed by atoms with E-state index in [1.165, 1.54) is 0 Å². The van der Waals surface area contributed by atoms with Crippen LogP contribution in [0.1, 0.15) is 24.2 Å². The molecule has 0 fully saturated rings.